The number of carbonyl (C=O) groups excluding carboxylic acids is 1. The van der Waals surface area contributed by atoms with Crippen LogP contribution < -0.4 is 15.0 Å². The molecule has 2 aliphatic rings. The number of piperidine rings is 1. The van der Waals surface area contributed by atoms with E-state index in [2.05, 4.69) is 5.32 Å². The molecular formula is C14H18N2O3. The van der Waals surface area contributed by atoms with E-state index in [-0.39, 0.29) is 18.2 Å². The standard InChI is InChI=1S/C14H18N2O3/c1-2-18-12-6-4-3-5-10(12)16-11-7-8-15-9-13(11)19-14(16)17/h3-6,11,13,15H,2,7-9H2,1H3. The lowest BCUT2D eigenvalue weighted by Crippen LogP contribution is -2.47. The molecule has 2 saturated heterocycles. The highest BCUT2D eigenvalue weighted by molar-refractivity contribution is 5.92. The van der Waals surface area contributed by atoms with Gasteiger partial charge in [0, 0.05) is 6.54 Å². The van der Waals surface area contributed by atoms with Crippen LogP contribution in [0.5, 0.6) is 5.75 Å². The van der Waals surface area contributed by atoms with Crippen molar-refractivity contribution >= 4 is 11.8 Å². The molecule has 1 N–H and O–H groups in total. The highest BCUT2D eigenvalue weighted by Crippen LogP contribution is 2.36. The summed E-state index contributed by atoms with van der Waals surface area (Å²) in [6.45, 7) is 4.15. The molecule has 0 bridgehead atoms. The van der Waals surface area contributed by atoms with Crippen LogP contribution in [0, 0.1) is 0 Å². The van der Waals surface area contributed by atoms with Crippen LogP contribution in [-0.2, 0) is 4.74 Å². The number of amides is 1. The normalized spacial score (nSPS) is 25.9. The van der Waals surface area contributed by atoms with E-state index in [1.165, 1.54) is 0 Å². The molecule has 5 heteroatoms. The lowest BCUT2D eigenvalue weighted by Gasteiger charge is -2.29. The zero-order valence-corrected chi connectivity index (χ0v) is 11.0. The van der Waals surface area contributed by atoms with Crippen LogP contribution in [0.4, 0.5) is 10.5 Å². The van der Waals surface area contributed by atoms with Gasteiger partial charge in [-0.3, -0.25) is 4.90 Å². The van der Waals surface area contributed by atoms with Crippen molar-refractivity contribution in [3.63, 3.8) is 0 Å². The summed E-state index contributed by atoms with van der Waals surface area (Å²) in [5.74, 6) is 0.737. The van der Waals surface area contributed by atoms with E-state index in [1.54, 1.807) is 4.90 Å². The first-order valence-electron chi connectivity index (χ1n) is 6.73. The Morgan fingerprint density at radius 2 is 2.32 bits per heavy atom. The number of hydrogen-bond acceptors (Lipinski definition) is 4. The molecule has 2 heterocycles. The second-order valence-electron chi connectivity index (χ2n) is 4.75. The third-order valence-corrected chi connectivity index (χ3v) is 3.60. The highest BCUT2D eigenvalue weighted by atomic mass is 16.6. The molecule has 0 radical (unpaired) electrons. The molecule has 0 aliphatic carbocycles. The van der Waals surface area contributed by atoms with Crippen LogP contribution in [-0.4, -0.2) is 37.9 Å². The Labute approximate surface area is 112 Å². The summed E-state index contributed by atoms with van der Waals surface area (Å²) >= 11 is 0. The third kappa shape index (κ3) is 2.14. The van der Waals surface area contributed by atoms with Gasteiger partial charge in [-0.05, 0) is 32.0 Å². The first kappa shape index (κ1) is 12.3. The summed E-state index contributed by atoms with van der Waals surface area (Å²) in [4.78, 5) is 13.9. The van der Waals surface area contributed by atoms with E-state index >= 15 is 0 Å². The molecule has 0 spiro atoms. The molecule has 5 nitrogen and oxygen atoms in total. The number of anilines is 1. The molecule has 0 aromatic heterocycles. The number of nitrogens with one attached hydrogen (secondary N) is 1. The Hall–Kier alpha value is -1.75. The maximum absolute atomic E-state index is 12.1. The maximum Gasteiger partial charge on any atom is 0.415 e. The van der Waals surface area contributed by atoms with E-state index in [9.17, 15) is 4.79 Å². The Morgan fingerprint density at radius 1 is 1.47 bits per heavy atom. The van der Waals surface area contributed by atoms with Gasteiger partial charge in [0.15, 0.2) is 0 Å². The van der Waals surface area contributed by atoms with Crippen molar-refractivity contribution in [3.05, 3.63) is 24.3 Å². The summed E-state index contributed by atoms with van der Waals surface area (Å²) in [6, 6.07) is 7.74. The molecule has 19 heavy (non-hydrogen) atoms. The first-order valence-corrected chi connectivity index (χ1v) is 6.73. The number of fused-ring (bicyclic) bond motifs is 1. The zero-order valence-electron chi connectivity index (χ0n) is 11.0. The minimum Gasteiger partial charge on any atom is -0.492 e. The minimum absolute atomic E-state index is 0.0593. The molecular weight excluding hydrogens is 244 g/mol. The maximum atomic E-state index is 12.1. The van der Waals surface area contributed by atoms with Crippen LogP contribution in [0.2, 0.25) is 0 Å². The van der Waals surface area contributed by atoms with Gasteiger partial charge in [-0.25, -0.2) is 4.79 Å². The summed E-state index contributed by atoms with van der Waals surface area (Å²) in [5.41, 5.74) is 0.809. The van der Waals surface area contributed by atoms with Gasteiger partial charge in [0.05, 0.1) is 18.3 Å². The average Bonchev–Trinajstić information content (AvgIpc) is 2.76. The first-order chi connectivity index (χ1) is 9.31. The van der Waals surface area contributed by atoms with Gasteiger partial charge >= 0.3 is 6.09 Å². The molecule has 1 aromatic carbocycles. The molecule has 1 aromatic rings. The van der Waals surface area contributed by atoms with Gasteiger partial charge in [0.25, 0.3) is 0 Å². The zero-order chi connectivity index (χ0) is 13.2. The molecule has 2 aliphatic heterocycles. The van der Waals surface area contributed by atoms with Crippen molar-refractivity contribution in [2.24, 2.45) is 0 Å². The van der Waals surface area contributed by atoms with E-state index in [4.69, 9.17) is 9.47 Å². The second kappa shape index (κ2) is 5.09. The molecule has 102 valence electrons. The summed E-state index contributed by atoms with van der Waals surface area (Å²) in [6.07, 6.45) is 0.568. The molecule has 3 rings (SSSR count). The third-order valence-electron chi connectivity index (χ3n) is 3.60. The Kier molecular flexibility index (Phi) is 3.29. The number of ether oxygens (including phenoxy) is 2. The molecule has 2 atom stereocenters. The van der Waals surface area contributed by atoms with Gasteiger partial charge < -0.3 is 14.8 Å². The lowest BCUT2D eigenvalue weighted by molar-refractivity contribution is 0.121. The number of benzene rings is 1. The van der Waals surface area contributed by atoms with Gasteiger partial charge in [0.1, 0.15) is 11.9 Å². The largest absolute Gasteiger partial charge is 0.492 e. The fourth-order valence-electron chi connectivity index (χ4n) is 2.76. The van der Waals surface area contributed by atoms with Gasteiger partial charge in [0.2, 0.25) is 0 Å². The fraction of sp³-hybridized carbons (Fsp3) is 0.500. The van der Waals surface area contributed by atoms with Gasteiger partial charge in [-0.1, -0.05) is 12.1 Å². The van der Waals surface area contributed by atoms with E-state index in [0.717, 1.165) is 30.9 Å². The van der Waals surface area contributed by atoms with Crippen LogP contribution in [0.1, 0.15) is 13.3 Å². The number of rotatable bonds is 3. The van der Waals surface area contributed by atoms with Crippen molar-refractivity contribution < 1.29 is 14.3 Å². The monoisotopic (exact) mass is 262 g/mol. The van der Waals surface area contributed by atoms with E-state index < -0.39 is 0 Å². The quantitative estimate of drug-likeness (QED) is 0.902. The predicted octanol–water partition coefficient (Wildman–Crippen LogP) is 1.77. The van der Waals surface area contributed by atoms with E-state index in [0.29, 0.717) is 6.61 Å². The van der Waals surface area contributed by atoms with Crippen LogP contribution in [0.25, 0.3) is 0 Å². The smallest absolute Gasteiger partial charge is 0.415 e. The van der Waals surface area contributed by atoms with Crippen molar-refractivity contribution in [2.45, 2.75) is 25.5 Å². The molecule has 0 saturated carbocycles. The van der Waals surface area contributed by atoms with Crippen molar-refractivity contribution in [1.82, 2.24) is 5.32 Å². The Bertz CT molecular complexity index is 478. The fourth-order valence-corrected chi connectivity index (χ4v) is 2.76. The molecule has 1 amide bonds. The van der Waals surface area contributed by atoms with E-state index in [1.807, 2.05) is 31.2 Å². The molecule has 2 fully saturated rings. The summed E-state index contributed by atoms with van der Waals surface area (Å²) < 4.78 is 11.0. The van der Waals surface area contributed by atoms with Crippen LogP contribution in [0.15, 0.2) is 24.3 Å². The van der Waals surface area contributed by atoms with Crippen molar-refractivity contribution in [1.29, 1.82) is 0 Å². The number of carbonyl (C=O) groups is 1. The second-order valence-corrected chi connectivity index (χ2v) is 4.75. The topological polar surface area (TPSA) is 50.8 Å². The molecule has 2 unspecified atom stereocenters. The van der Waals surface area contributed by atoms with Crippen LogP contribution in [0.3, 0.4) is 0 Å². The van der Waals surface area contributed by atoms with Gasteiger partial charge in [-0.2, -0.15) is 0 Å². The number of nitrogens with zero attached hydrogens (tertiary/aromatic N) is 1. The average molecular weight is 262 g/mol. The van der Waals surface area contributed by atoms with Crippen molar-refractivity contribution in [2.75, 3.05) is 24.6 Å². The SMILES string of the molecule is CCOc1ccccc1N1C(=O)OC2CNCCC21. The highest BCUT2D eigenvalue weighted by Gasteiger charge is 2.44. The van der Waals surface area contributed by atoms with Crippen molar-refractivity contribution in [3.8, 4) is 5.75 Å². The van der Waals surface area contributed by atoms with Gasteiger partial charge in [-0.15, -0.1) is 0 Å². The minimum atomic E-state index is -0.272. The lowest BCUT2D eigenvalue weighted by atomic mass is 10.0. The summed E-state index contributed by atoms with van der Waals surface area (Å²) in [5, 5.41) is 3.25. The summed E-state index contributed by atoms with van der Waals surface area (Å²) in [7, 11) is 0. The number of hydrogen-bond donors (Lipinski definition) is 1. The Balaban J connectivity index is 1.94. The van der Waals surface area contributed by atoms with Crippen LogP contribution >= 0.6 is 0 Å². The Morgan fingerprint density at radius 3 is 3.16 bits per heavy atom. The predicted molar refractivity (Wildman–Crippen MR) is 71.6 cm³/mol. The number of para-hydroxylation sites is 2.